The van der Waals surface area contributed by atoms with Crippen molar-refractivity contribution in [2.45, 2.75) is 31.6 Å². The summed E-state index contributed by atoms with van der Waals surface area (Å²) in [6.07, 6.45) is 7.56. The van der Waals surface area contributed by atoms with E-state index in [4.69, 9.17) is 16.6 Å². The lowest BCUT2D eigenvalue weighted by Gasteiger charge is -2.21. The maximum Gasteiger partial charge on any atom is 0.195 e. The van der Waals surface area contributed by atoms with Crippen LogP contribution in [0.4, 0.5) is 5.82 Å². The monoisotopic (exact) mass is 283 g/mol. The topological polar surface area (TPSA) is 20.5 Å². The van der Waals surface area contributed by atoms with E-state index in [1.54, 1.807) is 11.3 Å². The molecule has 0 atom stereocenters. The van der Waals surface area contributed by atoms with Gasteiger partial charge in [0.05, 0.1) is 11.6 Å². The van der Waals surface area contributed by atoms with Gasteiger partial charge in [-0.05, 0) is 18.8 Å². The van der Waals surface area contributed by atoms with Crippen molar-refractivity contribution < 1.29 is 0 Å². The molecule has 2 aromatic rings. The second-order valence-corrected chi connectivity index (χ2v) is 6.24. The Hall–Kier alpha value is -0.740. The maximum atomic E-state index is 6.09. The number of alkyl halides is 1. The Morgan fingerprint density at radius 2 is 2.28 bits per heavy atom. The van der Waals surface area contributed by atoms with Gasteiger partial charge in [-0.25, -0.2) is 4.98 Å². The molecule has 1 aliphatic carbocycles. The van der Waals surface area contributed by atoms with Gasteiger partial charge in [0.2, 0.25) is 0 Å². The number of anilines is 1. The number of hydrogen-bond donors (Lipinski definition) is 0. The van der Waals surface area contributed by atoms with Crippen LogP contribution in [0.15, 0.2) is 11.6 Å². The predicted molar refractivity (Wildman–Crippen MR) is 77.9 cm³/mol. The van der Waals surface area contributed by atoms with Crippen molar-refractivity contribution in [2.75, 3.05) is 18.5 Å². The number of rotatable bonds is 4. The average molecular weight is 284 g/mol. The lowest BCUT2D eigenvalue weighted by atomic mass is 10.1. The first-order chi connectivity index (χ1) is 8.79. The molecule has 0 N–H and O–H groups in total. The van der Waals surface area contributed by atoms with E-state index in [1.165, 1.54) is 25.7 Å². The summed E-state index contributed by atoms with van der Waals surface area (Å²) < 4.78 is 2.11. The maximum absolute atomic E-state index is 6.09. The summed E-state index contributed by atoms with van der Waals surface area (Å²) in [5.74, 6) is 2.41. The van der Waals surface area contributed by atoms with Gasteiger partial charge >= 0.3 is 0 Å². The zero-order valence-corrected chi connectivity index (χ0v) is 12.2. The quantitative estimate of drug-likeness (QED) is 0.797. The van der Waals surface area contributed by atoms with E-state index in [0.29, 0.717) is 5.88 Å². The first-order valence-corrected chi connectivity index (χ1v) is 7.92. The largest absolute Gasteiger partial charge is 0.358 e. The molecule has 0 bridgehead atoms. The number of halogens is 1. The average Bonchev–Trinajstić information content (AvgIpc) is 3.03. The van der Waals surface area contributed by atoms with Gasteiger partial charge in [-0.2, -0.15) is 0 Å². The van der Waals surface area contributed by atoms with Crippen molar-refractivity contribution in [1.82, 2.24) is 9.38 Å². The van der Waals surface area contributed by atoms with Crippen molar-refractivity contribution >= 4 is 33.7 Å². The van der Waals surface area contributed by atoms with E-state index in [1.807, 2.05) is 0 Å². The van der Waals surface area contributed by atoms with Crippen molar-refractivity contribution in [3.8, 4) is 0 Å². The van der Waals surface area contributed by atoms with E-state index in [2.05, 4.69) is 27.9 Å². The van der Waals surface area contributed by atoms with Gasteiger partial charge < -0.3 is 4.90 Å². The van der Waals surface area contributed by atoms with Gasteiger partial charge in [0.25, 0.3) is 0 Å². The van der Waals surface area contributed by atoms with Crippen molar-refractivity contribution in [3.63, 3.8) is 0 Å². The molecule has 3 rings (SSSR count). The van der Waals surface area contributed by atoms with Crippen LogP contribution in [-0.4, -0.2) is 23.0 Å². The molecule has 0 amide bonds. The standard InChI is InChI=1S/C13H18ClN3S/c1-16(9-10-4-2-3-5-10)12-11(8-14)17-6-7-18-13(17)15-12/h6-7,10H,2-5,8-9H2,1H3. The van der Waals surface area contributed by atoms with Gasteiger partial charge in [-0.1, -0.05) is 12.8 Å². The summed E-state index contributed by atoms with van der Waals surface area (Å²) in [5.41, 5.74) is 1.12. The summed E-state index contributed by atoms with van der Waals surface area (Å²) in [5, 5.41) is 2.05. The van der Waals surface area contributed by atoms with Crippen molar-refractivity contribution in [3.05, 3.63) is 17.3 Å². The van der Waals surface area contributed by atoms with Gasteiger partial charge in [0.1, 0.15) is 0 Å². The minimum absolute atomic E-state index is 0.516. The normalized spacial score (nSPS) is 16.8. The lowest BCUT2D eigenvalue weighted by molar-refractivity contribution is 0.545. The molecule has 2 heterocycles. The molecule has 0 unspecified atom stereocenters. The van der Waals surface area contributed by atoms with E-state index < -0.39 is 0 Å². The zero-order valence-electron chi connectivity index (χ0n) is 10.6. The van der Waals surface area contributed by atoms with Crippen molar-refractivity contribution in [2.24, 2.45) is 5.92 Å². The molecule has 5 heteroatoms. The molecular formula is C13H18ClN3S. The fourth-order valence-electron chi connectivity index (χ4n) is 2.92. The minimum Gasteiger partial charge on any atom is -0.358 e. The van der Waals surface area contributed by atoms with Gasteiger partial charge in [0.15, 0.2) is 10.8 Å². The highest BCUT2D eigenvalue weighted by atomic mass is 35.5. The molecule has 1 fully saturated rings. The van der Waals surface area contributed by atoms with Crippen molar-refractivity contribution in [1.29, 1.82) is 0 Å². The van der Waals surface area contributed by atoms with Gasteiger partial charge in [-0.3, -0.25) is 4.40 Å². The Morgan fingerprint density at radius 1 is 1.50 bits per heavy atom. The van der Waals surface area contributed by atoms with Crippen LogP contribution in [0.2, 0.25) is 0 Å². The summed E-state index contributed by atoms with van der Waals surface area (Å²) in [4.78, 5) is 8.03. The molecule has 0 spiro atoms. The molecular weight excluding hydrogens is 266 g/mol. The number of aromatic nitrogens is 2. The number of imidazole rings is 1. The molecule has 18 heavy (non-hydrogen) atoms. The summed E-state index contributed by atoms with van der Waals surface area (Å²) in [7, 11) is 2.14. The van der Waals surface area contributed by atoms with Crippen LogP contribution < -0.4 is 4.90 Å². The number of nitrogens with zero attached hydrogens (tertiary/aromatic N) is 3. The molecule has 0 saturated heterocycles. The highest BCUT2D eigenvalue weighted by Crippen LogP contribution is 2.29. The Bertz CT molecular complexity index is 527. The smallest absolute Gasteiger partial charge is 0.195 e. The number of thiazole rings is 1. The summed E-state index contributed by atoms with van der Waals surface area (Å²) in [6.45, 7) is 1.11. The molecule has 98 valence electrons. The first-order valence-electron chi connectivity index (χ1n) is 6.51. The SMILES string of the molecule is CN(CC1CCCC1)c1nc2sccn2c1CCl. The number of hydrogen-bond acceptors (Lipinski definition) is 3. The lowest BCUT2D eigenvalue weighted by Crippen LogP contribution is -2.25. The van der Waals surface area contributed by atoms with E-state index in [-0.39, 0.29) is 0 Å². The molecule has 3 nitrogen and oxygen atoms in total. The van der Waals surface area contributed by atoms with E-state index in [9.17, 15) is 0 Å². The molecule has 1 saturated carbocycles. The Morgan fingerprint density at radius 3 is 3.00 bits per heavy atom. The van der Waals surface area contributed by atoms with Crippen LogP contribution >= 0.6 is 22.9 Å². The molecule has 0 aliphatic heterocycles. The highest BCUT2D eigenvalue weighted by molar-refractivity contribution is 7.15. The third-order valence-electron chi connectivity index (χ3n) is 3.83. The second kappa shape index (κ2) is 5.10. The predicted octanol–water partition coefficient (Wildman–Crippen LogP) is 3.76. The van der Waals surface area contributed by atoms with Crippen LogP contribution in [0.5, 0.6) is 0 Å². The van der Waals surface area contributed by atoms with E-state index >= 15 is 0 Å². The Labute approximate surface area is 116 Å². The van der Waals surface area contributed by atoms with Crippen LogP contribution in [-0.2, 0) is 5.88 Å². The zero-order chi connectivity index (χ0) is 12.5. The van der Waals surface area contributed by atoms with Gasteiger partial charge in [0, 0.05) is 25.2 Å². The van der Waals surface area contributed by atoms with E-state index in [0.717, 1.165) is 28.9 Å². The van der Waals surface area contributed by atoms with Crippen LogP contribution in [0.1, 0.15) is 31.4 Å². The third-order valence-corrected chi connectivity index (χ3v) is 4.84. The molecule has 1 aliphatic rings. The Balaban J connectivity index is 1.85. The van der Waals surface area contributed by atoms with Crippen LogP contribution in [0.25, 0.3) is 4.96 Å². The molecule has 0 radical (unpaired) electrons. The van der Waals surface area contributed by atoms with Crippen LogP contribution in [0, 0.1) is 5.92 Å². The summed E-state index contributed by atoms with van der Waals surface area (Å²) >= 11 is 7.75. The fraction of sp³-hybridized carbons (Fsp3) is 0.615. The first kappa shape index (κ1) is 12.3. The Kier molecular flexibility index (Phi) is 3.48. The second-order valence-electron chi connectivity index (χ2n) is 5.10. The molecule has 0 aromatic carbocycles. The third kappa shape index (κ3) is 2.12. The van der Waals surface area contributed by atoms with Gasteiger partial charge in [-0.15, -0.1) is 22.9 Å². The molecule has 2 aromatic heterocycles. The summed E-state index contributed by atoms with van der Waals surface area (Å²) in [6, 6.07) is 0. The number of fused-ring (bicyclic) bond motifs is 1. The van der Waals surface area contributed by atoms with Crippen LogP contribution in [0.3, 0.4) is 0 Å². The fourth-order valence-corrected chi connectivity index (χ4v) is 3.89. The minimum atomic E-state index is 0.516. The highest BCUT2D eigenvalue weighted by Gasteiger charge is 2.21.